The summed E-state index contributed by atoms with van der Waals surface area (Å²) in [6.45, 7) is 0. The summed E-state index contributed by atoms with van der Waals surface area (Å²) in [5, 5.41) is 0.212. The third-order valence-electron chi connectivity index (χ3n) is 1.34. The lowest BCUT2D eigenvalue weighted by atomic mass is 10.2. The second-order valence-electron chi connectivity index (χ2n) is 2.27. The average Bonchev–Trinajstić information content (AvgIpc) is 1.96. The topological polar surface area (TPSA) is 17.1 Å². The summed E-state index contributed by atoms with van der Waals surface area (Å²) in [7, 11) is 0. The van der Waals surface area contributed by atoms with Crippen LogP contribution in [0.5, 0.6) is 0 Å². The lowest BCUT2D eigenvalue weighted by Gasteiger charge is -2.00. The van der Waals surface area contributed by atoms with Gasteiger partial charge in [0.05, 0.1) is 0 Å². The van der Waals surface area contributed by atoms with Gasteiger partial charge in [-0.3, -0.25) is 4.79 Å². The van der Waals surface area contributed by atoms with Crippen LogP contribution in [0.1, 0.15) is 5.56 Å². The number of carbonyl (C=O) groups is 1. The van der Waals surface area contributed by atoms with Gasteiger partial charge in [-0.15, -0.1) is 0 Å². The van der Waals surface area contributed by atoms with Crippen LogP contribution < -0.4 is 0 Å². The zero-order valence-corrected chi connectivity index (χ0v) is 9.08. The fourth-order valence-corrected chi connectivity index (χ4v) is 1.55. The molecule has 0 radical (unpaired) electrons. The highest BCUT2D eigenvalue weighted by atomic mass is 79.9. The summed E-state index contributed by atoms with van der Waals surface area (Å²) in [6, 6.07) is 5.25. The lowest BCUT2D eigenvalue weighted by Crippen LogP contribution is -1.94. The molecule has 4 heteroatoms. The van der Waals surface area contributed by atoms with E-state index >= 15 is 0 Å². The summed E-state index contributed by atoms with van der Waals surface area (Å²) in [5.74, 6) is 0. The minimum absolute atomic E-state index is 0.197. The van der Waals surface area contributed by atoms with Crippen LogP contribution in [0.2, 0.25) is 5.02 Å². The molecule has 0 aliphatic heterocycles. The molecule has 0 heterocycles. The predicted octanol–water partition coefficient (Wildman–Crippen LogP) is 3.41. The van der Waals surface area contributed by atoms with Crippen LogP contribution in [0.25, 0.3) is 0 Å². The zero-order valence-electron chi connectivity index (χ0n) is 5.98. The Morgan fingerprint density at radius 3 is 2.75 bits per heavy atom. The van der Waals surface area contributed by atoms with Crippen molar-refractivity contribution in [3.8, 4) is 0 Å². The van der Waals surface area contributed by atoms with Crippen molar-refractivity contribution in [2.45, 2.75) is 6.42 Å². The van der Waals surface area contributed by atoms with Crippen molar-refractivity contribution in [3.63, 3.8) is 0 Å². The number of hydrogen-bond donors (Lipinski definition) is 0. The van der Waals surface area contributed by atoms with Crippen molar-refractivity contribution >= 4 is 44.4 Å². The van der Waals surface area contributed by atoms with E-state index in [1.54, 1.807) is 18.2 Å². The molecule has 1 aromatic carbocycles. The largest absolute Gasteiger partial charge is 0.281 e. The molecule has 0 bridgehead atoms. The summed E-state index contributed by atoms with van der Waals surface area (Å²) < 4.78 is 0.848. The summed E-state index contributed by atoms with van der Waals surface area (Å²) >= 11 is 14.2. The number of hydrogen-bond acceptors (Lipinski definition) is 1. The molecule has 0 saturated heterocycles. The Bertz CT molecular complexity index is 312. The van der Waals surface area contributed by atoms with Gasteiger partial charge in [0, 0.05) is 15.9 Å². The van der Waals surface area contributed by atoms with Gasteiger partial charge in [-0.2, -0.15) is 0 Å². The van der Waals surface area contributed by atoms with Gasteiger partial charge in [-0.25, -0.2) is 0 Å². The fourth-order valence-electron chi connectivity index (χ4n) is 0.829. The first-order chi connectivity index (χ1) is 5.59. The molecule has 0 spiro atoms. The Labute approximate surface area is 88.8 Å². The van der Waals surface area contributed by atoms with Gasteiger partial charge in [0.25, 0.3) is 0 Å². The van der Waals surface area contributed by atoms with E-state index in [2.05, 4.69) is 15.9 Å². The van der Waals surface area contributed by atoms with E-state index in [4.69, 9.17) is 23.2 Å². The second kappa shape index (κ2) is 4.26. The Kier molecular flexibility index (Phi) is 3.56. The van der Waals surface area contributed by atoms with Crippen molar-refractivity contribution in [3.05, 3.63) is 33.3 Å². The Morgan fingerprint density at radius 1 is 1.50 bits per heavy atom. The van der Waals surface area contributed by atoms with Crippen LogP contribution in [0.3, 0.4) is 0 Å². The lowest BCUT2D eigenvalue weighted by molar-refractivity contribution is -0.111. The summed E-state index contributed by atoms with van der Waals surface area (Å²) in [4.78, 5) is 10.6. The average molecular weight is 268 g/mol. The third-order valence-corrected chi connectivity index (χ3v) is 2.48. The highest BCUT2D eigenvalue weighted by molar-refractivity contribution is 9.10. The SMILES string of the molecule is O=C(Cl)Cc1cc(Cl)ccc1Br. The minimum atomic E-state index is -0.391. The molecule has 0 aromatic heterocycles. The predicted molar refractivity (Wildman–Crippen MR) is 53.7 cm³/mol. The molecule has 0 N–H and O–H groups in total. The molecule has 64 valence electrons. The van der Waals surface area contributed by atoms with Gasteiger partial charge in [-0.05, 0) is 35.4 Å². The molecule has 0 amide bonds. The highest BCUT2D eigenvalue weighted by Crippen LogP contribution is 2.21. The van der Waals surface area contributed by atoms with E-state index in [9.17, 15) is 4.79 Å². The van der Waals surface area contributed by atoms with Crippen LogP contribution in [0, 0.1) is 0 Å². The smallest absolute Gasteiger partial charge is 0.226 e. The van der Waals surface area contributed by atoms with Crippen LogP contribution in [-0.4, -0.2) is 5.24 Å². The second-order valence-corrected chi connectivity index (χ2v) is 3.98. The third kappa shape index (κ3) is 2.77. The van der Waals surface area contributed by atoms with E-state index < -0.39 is 5.24 Å². The molecule has 1 aromatic rings. The first-order valence-corrected chi connectivity index (χ1v) is 4.77. The number of benzene rings is 1. The van der Waals surface area contributed by atoms with Crippen molar-refractivity contribution in [2.24, 2.45) is 0 Å². The van der Waals surface area contributed by atoms with Crippen molar-refractivity contribution in [2.75, 3.05) is 0 Å². The van der Waals surface area contributed by atoms with Crippen LogP contribution >= 0.6 is 39.1 Å². The van der Waals surface area contributed by atoms with E-state index in [1.807, 2.05) is 0 Å². The summed E-state index contributed by atoms with van der Waals surface area (Å²) in [5.41, 5.74) is 0.808. The van der Waals surface area contributed by atoms with E-state index in [-0.39, 0.29) is 6.42 Å². The van der Waals surface area contributed by atoms with Crippen LogP contribution in [0.15, 0.2) is 22.7 Å². The molecule has 1 rings (SSSR count). The number of carbonyl (C=O) groups excluding carboxylic acids is 1. The standard InChI is InChI=1S/C8H5BrCl2O/c9-7-2-1-6(10)3-5(7)4-8(11)12/h1-3H,4H2. The van der Waals surface area contributed by atoms with Gasteiger partial charge >= 0.3 is 0 Å². The maximum Gasteiger partial charge on any atom is 0.226 e. The molecule has 0 aliphatic carbocycles. The van der Waals surface area contributed by atoms with Crippen molar-refractivity contribution < 1.29 is 4.79 Å². The maximum atomic E-state index is 10.6. The molecular formula is C8H5BrCl2O. The molecule has 0 saturated carbocycles. The number of rotatable bonds is 2. The normalized spacial score (nSPS) is 9.92. The van der Waals surface area contributed by atoms with Crippen molar-refractivity contribution in [1.82, 2.24) is 0 Å². The van der Waals surface area contributed by atoms with Gasteiger partial charge < -0.3 is 0 Å². The molecule has 0 atom stereocenters. The van der Waals surface area contributed by atoms with E-state index in [1.165, 1.54) is 0 Å². The monoisotopic (exact) mass is 266 g/mol. The van der Waals surface area contributed by atoms with Gasteiger partial charge in [-0.1, -0.05) is 27.5 Å². The molecule has 0 unspecified atom stereocenters. The van der Waals surface area contributed by atoms with Gasteiger partial charge in [0.15, 0.2) is 0 Å². The Morgan fingerprint density at radius 2 is 2.17 bits per heavy atom. The van der Waals surface area contributed by atoms with Gasteiger partial charge in [0.2, 0.25) is 5.24 Å². The number of halogens is 3. The molecule has 12 heavy (non-hydrogen) atoms. The van der Waals surface area contributed by atoms with Gasteiger partial charge in [0.1, 0.15) is 0 Å². The summed E-state index contributed by atoms with van der Waals surface area (Å²) in [6.07, 6.45) is 0.197. The van der Waals surface area contributed by atoms with Crippen LogP contribution in [0.4, 0.5) is 0 Å². The Balaban J connectivity index is 2.97. The first-order valence-electron chi connectivity index (χ1n) is 3.22. The van der Waals surface area contributed by atoms with E-state index in [0.717, 1.165) is 10.0 Å². The molecule has 1 nitrogen and oxygen atoms in total. The zero-order chi connectivity index (χ0) is 9.14. The molecular weight excluding hydrogens is 263 g/mol. The molecule has 0 fully saturated rings. The maximum absolute atomic E-state index is 10.6. The fraction of sp³-hybridized carbons (Fsp3) is 0.125. The molecule has 0 aliphatic rings. The first kappa shape index (κ1) is 10.0. The van der Waals surface area contributed by atoms with E-state index in [0.29, 0.717) is 5.02 Å². The van der Waals surface area contributed by atoms with Crippen molar-refractivity contribution in [1.29, 1.82) is 0 Å². The quantitative estimate of drug-likeness (QED) is 0.751. The minimum Gasteiger partial charge on any atom is -0.281 e. The van der Waals surface area contributed by atoms with Crippen LogP contribution in [-0.2, 0) is 11.2 Å². The highest BCUT2D eigenvalue weighted by Gasteiger charge is 2.04. The Hall–Kier alpha value is -0.0500.